The van der Waals surface area contributed by atoms with Crippen molar-refractivity contribution < 1.29 is 43.9 Å². The van der Waals surface area contributed by atoms with Crippen LogP contribution < -0.4 is 9.47 Å². The first-order chi connectivity index (χ1) is 21.9. The van der Waals surface area contributed by atoms with E-state index in [9.17, 15) is 29.7 Å². The zero-order chi connectivity index (χ0) is 34.4. The Morgan fingerprint density at radius 3 is 2.32 bits per heavy atom. The molecule has 7 rings (SSSR count). The number of carboxylic acid groups (broad SMARTS) is 1. The fourth-order valence-electron chi connectivity index (χ4n) is 8.64. The molecule has 1 saturated carbocycles. The van der Waals surface area contributed by atoms with E-state index in [1.807, 2.05) is 54.5 Å². The van der Waals surface area contributed by atoms with Crippen LogP contribution in [0.25, 0.3) is 0 Å². The van der Waals surface area contributed by atoms with Crippen molar-refractivity contribution in [2.45, 2.75) is 122 Å². The molecule has 252 valence electrons. The van der Waals surface area contributed by atoms with Crippen LogP contribution >= 0.6 is 0 Å². The molecule has 1 aromatic carbocycles. The van der Waals surface area contributed by atoms with Crippen molar-refractivity contribution in [2.75, 3.05) is 0 Å². The van der Waals surface area contributed by atoms with Crippen LogP contribution in [0.2, 0.25) is 0 Å². The molecular weight excluding hydrogens is 600 g/mol. The minimum Gasteiger partial charge on any atom is -0.506 e. The number of benzene rings is 1. The van der Waals surface area contributed by atoms with E-state index < -0.39 is 52.1 Å². The molecule has 4 bridgehead atoms. The summed E-state index contributed by atoms with van der Waals surface area (Å²) in [5, 5.41) is 33.0. The largest absolute Gasteiger partial charge is 0.506 e. The predicted molar refractivity (Wildman–Crippen MR) is 175 cm³/mol. The number of allylic oxidation sites excluding steroid dienone is 5. The van der Waals surface area contributed by atoms with Crippen molar-refractivity contribution in [3.05, 3.63) is 63.3 Å². The number of hydrogen-bond acceptors (Lipinski definition) is 8. The molecule has 1 saturated heterocycles. The van der Waals surface area contributed by atoms with E-state index >= 15 is 0 Å². The molecule has 6 atom stereocenters. The first kappa shape index (κ1) is 33.2. The summed E-state index contributed by atoms with van der Waals surface area (Å²) in [5.74, 6) is -2.90. The molecule has 2 unspecified atom stereocenters. The van der Waals surface area contributed by atoms with Gasteiger partial charge in [0.2, 0.25) is 0 Å². The highest BCUT2D eigenvalue weighted by Crippen LogP contribution is 2.69. The standard InChI is InChI=1S/C38H46O9/c1-19(2)10-9-14-36(8)18-25(39)27-30(41)28-29(40)24-16-22-17-26-35(6,7)47-37(33(22)42,15-13-21(5)34(43)44)38(24,26)46-32(28)23(31(27)45-36)12-11-20(3)4/h10-11,13,16,22,25-26,39,41H,9,12,14-15,17-18H2,1-8H3,(H,43,44)/b21-13+/t22?,25?,26-,36+,37-,38+/m0/s1. The highest BCUT2D eigenvalue weighted by atomic mass is 16.6. The molecule has 9 nitrogen and oxygen atoms in total. The van der Waals surface area contributed by atoms with Gasteiger partial charge < -0.3 is 29.5 Å². The van der Waals surface area contributed by atoms with Crippen LogP contribution in [0.1, 0.15) is 115 Å². The molecule has 3 N–H and O–H groups in total. The lowest BCUT2D eigenvalue weighted by molar-refractivity contribution is -0.171. The number of fused-ring (bicyclic) bond motifs is 2. The molecule has 3 aliphatic heterocycles. The lowest BCUT2D eigenvalue weighted by Crippen LogP contribution is -2.72. The van der Waals surface area contributed by atoms with Crippen LogP contribution in [0.5, 0.6) is 17.2 Å². The fraction of sp³-hybridized carbons (Fsp3) is 0.553. The van der Waals surface area contributed by atoms with Crippen LogP contribution in [-0.2, 0) is 20.7 Å². The third-order valence-electron chi connectivity index (χ3n) is 10.9. The maximum absolute atomic E-state index is 14.8. The van der Waals surface area contributed by atoms with E-state index in [1.54, 1.807) is 6.08 Å². The Bertz CT molecular complexity index is 1720. The van der Waals surface area contributed by atoms with Crippen LogP contribution in [0.3, 0.4) is 0 Å². The lowest BCUT2D eigenvalue weighted by atomic mass is 9.51. The second kappa shape index (κ2) is 10.9. The molecule has 1 aromatic rings. The number of phenolic OH excluding ortho intramolecular Hbond substituents is 1. The molecule has 1 spiro atoms. The third-order valence-corrected chi connectivity index (χ3v) is 10.9. The number of rotatable bonds is 8. The van der Waals surface area contributed by atoms with Crippen molar-refractivity contribution in [1.82, 2.24) is 0 Å². The number of carbonyl (C=O) groups is 3. The Morgan fingerprint density at radius 1 is 1.00 bits per heavy atom. The van der Waals surface area contributed by atoms with Gasteiger partial charge >= 0.3 is 5.97 Å². The van der Waals surface area contributed by atoms with Gasteiger partial charge in [0.1, 0.15) is 28.4 Å². The van der Waals surface area contributed by atoms with Crippen molar-refractivity contribution >= 4 is 17.5 Å². The number of ether oxygens (including phenoxy) is 3. The number of hydrogen-bond donors (Lipinski definition) is 3. The van der Waals surface area contributed by atoms with E-state index in [4.69, 9.17) is 14.2 Å². The van der Waals surface area contributed by atoms with E-state index in [0.717, 1.165) is 12.0 Å². The van der Waals surface area contributed by atoms with E-state index in [0.29, 0.717) is 18.4 Å². The van der Waals surface area contributed by atoms with Crippen LogP contribution in [-0.4, -0.2) is 55.3 Å². The molecule has 6 aliphatic rings. The molecule has 3 heterocycles. The summed E-state index contributed by atoms with van der Waals surface area (Å²) in [4.78, 5) is 40.9. The SMILES string of the molecule is CC(C)=CCC[C@]1(C)CC(O)c2c(O)c3c(c(CC=C(C)C)c2O1)O[C@]12C(=CC4C[C@H]1C(C)(C)O[C@@]2(C/C=C(\C)C(=O)O)C4=O)C3=O. The first-order valence-corrected chi connectivity index (χ1v) is 16.5. The van der Waals surface area contributed by atoms with Gasteiger partial charge in [-0.15, -0.1) is 0 Å². The molecule has 2 fully saturated rings. The summed E-state index contributed by atoms with van der Waals surface area (Å²) >= 11 is 0. The number of carboxylic acids is 1. The minimum atomic E-state index is -1.67. The van der Waals surface area contributed by atoms with Gasteiger partial charge in [0, 0.05) is 41.4 Å². The quantitative estimate of drug-likeness (QED) is 0.209. The normalized spacial score (nSPS) is 32.7. The van der Waals surface area contributed by atoms with Crippen LogP contribution in [0.15, 0.2) is 46.6 Å². The van der Waals surface area contributed by atoms with Crippen LogP contribution in [0.4, 0.5) is 0 Å². The van der Waals surface area contributed by atoms with Crippen LogP contribution in [0, 0.1) is 11.8 Å². The Kier molecular flexibility index (Phi) is 7.72. The zero-order valence-electron chi connectivity index (χ0n) is 28.6. The monoisotopic (exact) mass is 646 g/mol. The number of aliphatic hydroxyl groups is 1. The molecule has 0 aromatic heterocycles. The fourth-order valence-corrected chi connectivity index (χ4v) is 8.64. The maximum atomic E-state index is 14.8. The minimum absolute atomic E-state index is 0.0497. The van der Waals surface area contributed by atoms with Crippen molar-refractivity contribution in [1.29, 1.82) is 0 Å². The number of aromatic hydroxyl groups is 1. The van der Waals surface area contributed by atoms with Gasteiger partial charge in [0.25, 0.3) is 0 Å². The average molecular weight is 647 g/mol. The summed E-state index contributed by atoms with van der Waals surface area (Å²) in [6.07, 6.45) is 8.28. The second-order valence-electron chi connectivity index (χ2n) is 15.3. The predicted octanol–water partition coefficient (Wildman–Crippen LogP) is 6.65. The van der Waals surface area contributed by atoms with Gasteiger partial charge in [-0.2, -0.15) is 0 Å². The number of aliphatic carboxylic acids is 1. The summed E-state index contributed by atoms with van der Waals surface area (Å²) in [6.45, 7) is 15.1. The van der Waals surface area contributed by atoms with Gasteiger partial charge in [0.15, 0.2) is 22.8 Å². The smallest absolute Gasteiger partial charge is 0.330 e. The number of ketones is 2. The Morgan fingerprint density at radius 2 is 1.68 bits per heavy atom. The highest BCUT2D eigenvalue weighted by molar-refractivity contribution is 6.18. The summed E-state index contributed by atoms with van der Waals surface area (Å²) in [5.41, 5.74) is -1.83. The summed E-state index contributed by atoms with van der Waals surface area (Å²) in [6, 6.07) is 0. The lowest BCUT2D eigenvalue weighted by Gasteiger charge is -2.56. The Labute approximate surface area is 276 Å². The van der Waals surface area contributed by atoms with Crippen molar-refractivity contribution in [2.24, 2.45) is 11.8 Å². The Balaban J connectivity index is 1.60. The van der Waals surface area contributed by atoms with E-state index in [-0.39, 0.29) is 64.6 Å². The average Bonchev–Trinajstić information content (AvgIpc) is 3.11. The molecule has 9 heteroatoms. The number of carbonyl (C=O) groups excluding carboxylic acids is 2. The second-order valence-corrected chi connectivity index (χ2v) is 15.3. The van der Waals surface area contributed by atoms with Gasteiger partial charge in [-0.25, -0.2) is 4.79 Å². The topological polar surface area (TPSA) is 140 Å². The Hall–Kier alpha value is -3.69. The van der Waals surface area contributed by atoms with Gasteiger partial charge in [-0.3, -0.25) is 9.59 Å². The summed E-state index contributed by atoms with van der Waals surface area (Å²) in [7, 11) is 0. The van der Waals surface area contributed by atoms with Gasteiger partial charge in [-0.1, -0.05) is 35.5 Å². The zero-order valence-corrected chi connectivity index (χ0v) is 28.6. The number of Topliss-reactive ketones (excluding diaryl/α,β-unsaturated/α-hetero) is 2. The molecule has 3 aliphatic carbocycles. The summed E-state index contributed by atoms with van der Waals surface area (Å²) < 4.78 is 20.6. The highest BCUT2D eigenvalue weighted by Gasteiger charge is 2.81. The van der Waals surface area contributed by atoms with Crippen molar-refractivity contribution in [3.63, 3.8) is 0 Å². The van der Waals surface area contributed by atoms with Crippen molar-refractivity contribution in [3.8, 4) is 17.2 Å². The molecule has 47 heavy (non-hydrogen) atoms. The first-order valence-electron chi connectivity index (χ1n) is 16.5. The molecule has 0 radical (unpaired) electrons. The van der Waals surface area contributed by atoms with Gasteiger partial charge in [-0.05, 0) is 81.1 Å². The third kappa shape index (κ3) is 4.75. The van der Waals surface area contributed by atoms with E-state index in [2.05, 4.69) is 6.08 Å². The molecular formula is C38H46O9. The molecule has 0 amide bonds. The van der Waals surface area contributed by atoms with Gasteiger partial charge in [0.05, 0.1) is 17.3 Å². The van der Waals surface area contributed by atoms with E-state index in [1.165, 1.54) is 18.6 Å². The number of aliphatic hydroxyl groups excluding tert-OH is 1. The maximum Gasteiger partial charge on any atom is 0.330 e. The number of phenols is 1.